The topological polar surface area (TPSA) is 420 Å². The van der Waals surface area contributed by atoms with E-state index in [2.05, 4.69) is 59.8 Å². The summed E-state index contributed by atoms with van der Waals surface area (Å²) in [5.74, 6) is 6.86. The second-order valence-corrected chi connectivity index (χ2v) is 27.0. The van der Waals surface area contributed by atoms with Gasteiger partial charge in [-0.15, -0.1) is 0 Å². The number of hydrogen-bond acceptors (Lipinski definition) is 20. The Morgan fingerprint density at radius 1 is 0.307 bits per heavy atom. The van der Waals surface area contributed by atoms with Crippen molar-refractivity contribution in [1.82, 2.24) is 59.8 Å². The third-order valence-corrected chi connectivity index (χ3v) is 19.8. The van der Waals surface area contributed by atoms with Gasteiger partial charge in [0.2, 0.25) is 0 Å². The number of rotatable bonds is 20. The molecule has 0 aliphatic rings. The van der Waals surface area contributed by atoms with Crippen molar-refractivity contribution in [3.05, 3.63) is 165 Å². The summed E-state index contributed by atoms with van der Waals surface area (Å²) in [6.45, 7) is 15.4. The summed E-state index contributed by atoms with van der Waals surface area (Å²) in [6, 6.07) is 21.6. The summed E-state index contributed by atoms with van der Waals surface area (Å²) >= 11 is -5.54. The molecule has 8 heterocycles. The van der Waals surface area contributed by atoms with Crippen molar-refractivity contribution in [2.24, 2.45) is 0 Å². The molecule has 12 rings (SSSR count). The molecule has 0 saturated heterocycles. The molecule has 8 aromatic heterocycles. The third-order valence-electron chi connectivity index (χ3n) is 15.3. The number of imidazole rings is 4. The molecule has 0 bridgehead atoms. The van der Waals surface area contributed by atoms with Gasteiger partial charge in [-0.1, -0.05) is 24.3 Å². The molecule has 0 spiro atoms. The first-order valence-corrected chi connectivity index (χ1v) is 34.8. The maximum atomic E-state index is 12.6. The van der Waals surface area contributed by atoms with Crippen LogP contribution in [0.5, 0.6) is 46.0 Å². The van der Waals surface area contributed by atoms with E-state index in [0.29, 0.717) is 87.8 Å². The average molecular weight is 1480 g/mol. The van der Waals surface area contributed by atoms with E-state index in [0.717, 1.165) is 90.3 Å². The molecule has 33 heteroatoms. The van der Waals surface area contributed by atoms with Crippen LogP contribution >= 0.6 is 0 Å². The fourth-order valence-corrected chi connectivity index (χ4v) is 14.5. The molecule has 4 aromatic carbocycles. The molecule has 0 aliphatic heterocycles. The predicted octanol–water partition coefficient (Wildman–Crippen LogP) is 6.88. The van der Waals surface area contributed by atoms with Crippen molar-refractivity contribution >= 4 is 135 Å². The van der Waals surface area contributed by atoms with E-state index in [4.69, 9.17) is 37.9 Å². The number of nitrogens with zero attached hydrogens (tertiary/aromatic N) is 12. The molecule has 0 fully saturated rings. The Morgan fingerprint density at radius 2 is 0.495 bits per heavy atom. The normalized spacial score (nSPS) is 11.8. The Hall–Kier alpha value is -7.59. The molecular weight excluding hydrogens is 1400 g/mol. The van der Waals surface area contributed by atoms with E-state index < -0.39 is 44.7 Å². The molecule has 0 amide bonds. The summed E-state index contributed by atoms with van der Waals surface area (Å²) in [7, 11) is 12.9. The van der Waals surface area contributed by atoms with Crippen LogP contribution < -0.4 is 57.8 Å². The van der Waals surface area contributed by atoms with Gasteiger partial charge in [-0.25, -0.2) is 0 Å². The van der Waals surface area contributed by atoms with Crippen molar-refractivity contribution in [3.8, 4) is 46.0 Å². The Bertz CT molecular complexity index is 4120. The van der Waals surface area contributed by atoms with E-state index in [1.54, 1.807) is 154 Å². The molecule has 0 unspecified atom stereocenters. The fraction of sp³-hybridized carbons (Fsp3) is 0.294. The van der Waals surface area contributed by atoms with Crippen molar-refractivity contribution in [2.45, 2.75) is 99.0 Å². The zero-order chi connectivity index (χ0) is 69.1. The molecule has 4 atom stereocenters. The van der Waals surface area contributed by atoms with Gasteiger partial charge in [-0.05, 0) is 193 Å². The van der Waals surface area contributed by atoms with Crippen LogP contribution in [0.2, 0.25) is 0 Å². The number of methoxy groups -OCH3 is 8. The van der Waals surface area contributed by atoms with Gasteiger partial charge >= 0.3 is 46.1 Å². The van der Waals surface area contributed by atoms with Crippen LogP contribution in [0.25, 0.3) is 44.1 Å². The van der Waals surface area contributed by atoms with E-state index in [1.165, 1.54) is 0 Å². The molecular formula is C68H78Mg2N12O15S4. The van der Waals surface area contributed by atoms with Crippen molar-refractivity contribution in [2.75, 3.05) is 56.9 Å². The smallest absolute Gasteiger partial charge is 0.612 e. The Kier molecular flexibility index (Phi) is 33.3. The Balaban J connectivity index is 0.000000281. The quantitative estimate of drug-likeness (QED) is 0.0554. The first kappa shape index (κ1) is 85.8. The minimum atomic E-state index is -1.38. The zero-order valence-electron chi connectivity index (χ0n) is 58.9. The fourth-order valence-electron chi connectivity index (χ4n) is 10.2. The first-order chi connectivity index (χ1) is 46.1. The maximum absolute atomic E-state index is 12.6. The average Bonchev–Trinajstić information content (AvgIpc) is 1.65. The summed E-state index contributed by atoms with van der Waals surface area (Å²) in [5.41, 5.74) is 15.7. The van der Waals surface area contributed by atoms with Crippen LogP contribution in [0.1, 0.15) is 67.3 Å². The molecule has 27 nitrogen and oxygen atoms in total. The molecule has 0 radical (unpaired) electrons. The van der Waals surface area contributed by atoms with Gasteiger partial charge in [0.15, 0.2) is 23.0 Å². The number of fused-ring (bicyclic) bond motifs is 4. The second kappa shape index (κ2) is 39.2. The van der Waals surface area contributed by atoms with Crippen molar-refractivity contribution < 1.29 is 72.5 Å². The Morgan fingerprint density at radius 3 is 0.663 bits per heavy atom. The van der Waals surface area contributed by atoms with Crippen LogP contribution in [0, 0.1) is 55.4 Å². The van der Waals surface area contributed by atoms with Gasteiger partial charge < -0.3 is 112 Å². The molecule has 0 saturated carbocycles. The van der Waals surface area contributed by atoms with Crippen LogP contribution in [0.4, 0.5) is 0 Å². The second-order valence-electron chi connectivity index (χ2n) is 21.6. The molecule has 528 valence electrons. The minimum Gasteiger partial charge on any atom is -0.612 e. The van der Waals surface area contributed by atoms with Crippen molar-refractivity contribution in [3.63, 3.8) is 0 Å². The monoisotopic (exact) mass is 1480 g/mol. The largest absolute Gasteiger partial charge is 2.00 e. The summed E-state index contributed by atoms with van der Waals surface area (Å²) in [5, 5.41) is 1.22. The van der Waals surface area contributed by atoms with Gasteiger partial charge in [0, 0.05) is 69.3 Å². The van der Waals surface area contributed by atoms with Crippen molar-refractivity contribution in [1.29, 1.82) is 0 Å². The summed E-state index contributed by atoms with van der Waals surface area (Å²) in [6.07, 6.45) is 6.91. The molecule has 6 N–H and O–H groups in total. The van der Waals surface area contributed by atoms with Crippen LogP contribution in [-0.4, -0.2) is 177 Å². The van der Waals surface area contributed by atoms with Crippen LogP contribution in [-0.2, 0) is 67.7 Å². The van der Waals surface area contributed by atoms with E-state index in [9.17, 15) is 18.2 Å². The third kappa shape index (κ3) is 20.4. The number of aromatic nitrogens is 12. The first-order valence-electron chi connectivity index (χ1n) is 29.6. The van der Waals surface area contributed by atoms with E-state index in [1.807, 2.05) is 55.4 Å². The van der Waals surface area contributed by atoms with Gasteiger partial charge in [0.25, 0.3) is 0 Å². The standard InChI is InChI=1S/4C17H18N3O3S.2Mg.3H2O/c4*1-10-8-18-15(11(2)16(10)23-4)9-24(21)17-19-13-6-5-12(22-3)7-14(13)20-17;;;;;/h4*5-8H,9H2,1-4H3;;;3*1H2/q4*-1;2*+2;;;/t4*24-;;;;;/m0000...../s1. The number of aryl methyl sites for hydroxylation is 4. The number of pyridine rings is 4. The number of hydrogen-bond donors (Lipinski definition) is 0. The van der Waals surface area contributed by atoms with E-state index in [-0.39, 0.29) is 85.5 Å². The van der Waals surface area contributed by atoms with Gasteiger partial charge in [0.1, 0.15) is 66.6 Å². The van der Waals surface area contributed by atoms with Crippen LogP contribution in [0.3, 0.4) is 0 Å². The molecule has 101 heavy (non-hydrogen) atoms. The number of ether oxygens (including phenoxy) is 8. The maximum Gasteiger partial charge on any atom is 2.00 e. The summed E-state index contributed by atoms with van der Waals surface area (Å²) < 4.78 is 92.9. The van der Waals surface area contributed by atoms with Gasteiger partial charge in [0.05, 0.1) is 79.7 Å². The minimum absolute atomic E-state index is 0. The summed E-state index contributed by atoms with van der Waals surface area (Å²) in [4.78, 5) is 52.4. The SMILES string of the molecule is COc1ccc2[n-]c([S@@+]([O-])Cc3ncc(C)c(OC)c3C)nc2c1.COc1ccc2[n-]c([S@@+]([O-])Cc3ncc(C)c(OC)c3C)nc2c1.COc1ccc2[n-]c([S@@+]([O-])Cc3ncc(C)c(OC)c3C)nc2c1.COc1ccc2[n-]c([S@@+]([O-])Cc3ncc(C)c(OC)c3C)nc2c1.O.O.O.[Mg+2].[Mg+2]. The van der Waals surface area contributed by atoms with E-state index >= 15 is 0 Å². The number of benzene rings is 4. The zero-order valence-corrected chi connectivity index (χ0v) is 65.0. The van der Waals surface area contributed by atoms with Crippen LogP contribution in [0.15, 0.2) is 118 Å². The van der Waals surface area contributed by atoms with Gasteiger partial charge in [-0.3, -0.25) is 19.9 Å². The van der Waals surface area contributed by atoms with Gasteiger partial charge in [-0.2, -0.15) is 0 Å². The Labute approximate surface area is 629 Å². The predicted molar refractivity (Wildman–Crippen MR) is 390 cm³/mol. The molecule has 0 aliphatic carbocycles. The molecule has 12 aromatic rings.